The highest BCUT2D eigenvalue weighted by Gasteiger charge is 2.35. The maximum Gasteiger partial charge on any atom is 0.225 e. The summed E-state index contributed by atoms with van der Waals surface area (Å²) in [6.07, 6.45) is 1.19. The van der Waals surface area contributed by atoms with Crippen LogP contribution in [0, 0.1) is 5.92 Å². The standard InChI is InChI=1S/C14H27N3O3/c1-14(2,10-18)15-13(20)11-8-12(19)17(9-11)7-5-6-16(3)4/h11,18H,5-10H2,1-4H3,(H,15,20). The Hall–Kier alpha value is -1.14. The Balaban J connectivity index is 2.44. The van der Waals surface area contributed by atoms with E-state index >= 15 is 0 Å². The first-order valence-electron chi connectivity index (χ1n) is 7.10. The Labute approximate surface area is 121 Å². The SMILES string of the molecule is CN(C)CCCN1CC(C(=O)NC(C)(C)CO)CC1=O. The molecule has 6 nitrogen and oxygen atoms in total. The van der Waals surface area contributed by atoms with Crippen LogP contribution in [0.15, 0.2) is 0 Å². The first-order chi connectivity index (χ1) is 9.25. The Bertz CT molecular complexity index is 356. The van der Waals surface area contributed by atoms with E-state index in [1.165, 1.54) is 0 Å². The van der Waals surface area contributed by atoms with Crippen molar-refractivity contribution in [2.75, 3.05) is 40.3 Å². The quantitative estimate of drug-likeness (QED) is 0.672. The van der Waals surface area contributed by atoms with Gasteiger partial charge < -0.3 is 20.2 Å². The Morgan fingerprint density at radius 3 is 2.70 bits per heavy atom. The number of aliphatic hydroxyl groups excluding tert-OH is 1. The van der Waals surface area contributed by atoms with Crippen LogP contribution in [-0.4, -0.2) is 72.6 Å². The molecule has 20 heavy (non-hydrogen) atoms. The number of hydrogen-bond donors (Lipinski definition) is 2. The molecule has 1 aliphatic rings. The van der Waals surface area contributed by atoms with Crippen molar-refractivity contribution >= 4 is 11.8 Å². The third-order valence-electron chi connectivity index (χ3n) is 3.48. The van der Waals surface area contributed by atoms with Gasteiger partial charge in [0.15, 0.2) is 0 Å². The van der Waals surface area contributed by atoms with Gasteiger partial charge in [-0.25, -0.2) is 0 Å². The second-order valence-corrected chi connectivity index (χ2v) is 6.43. The molecule has 1 fully saturated rings. The van der Waals surface area contributed by atoms with Gasteiger partial charge in [0.2, 0.25) is 11.8 Å². The molecule has 1 heterocycles. The molecule has 0 aromatic heterocycles. The number of hydrogen-bond acceptors (Lipinski definition) is 4. The number of carbonyl (C=O) groups is 2. The van der Waals surface area contributed by atoms with Gasteiger partial charge in [-0.2, -0.15) is 0 Å². The van der Waals surface area contributed by atoms with Crippen LogP contribution in [0.3, 0.4) is 0 Å². The van der Waals surface area contributed by atoms with Crippen LogP contribution in [0.25, 0.3) is 0 Å². The molecule has 1 atom stereocenters. The molecule has 2 N–H and O–H groups in total. The molecule has 116 valence electrons. The van der Waals surface area contributed by atoms with Crippen molar-refractivity contribution in [2.45, 2.75) is 32.2 Å². The molecule has 0 aromatic rings. The van der Waals surface area contributed by atoms with Crippen LogP contribution in [0.4, 0.5) is 0 Å². The summed E-state index contributed by atoms with van der Waals surface area (Å²) in [6, 6.07) is 0. The molecule has 0 bridgehead atoms. The van der Waals surface area contributed by atoms with Gasteiger partial charge in [0.05, 0.1) is 18.1 Å². The van der Waals surface area contributed by atoms with Crippen LogP contribution in [0.2, 0.25) is 0 Å². The van der Waals surface area contributed by atoms with Crippen LogP contribution in [0.5, 0.6) is 0 Å². The van der Waals surface area contributed by atoms with Crippen molar-refractivity contribution in [3.05, 3.63) is 0 Å². The largest absolute Gasteiger partial charge is 0.394 e. The van der Waals surface area contributed by atoms with E-state index in [9.17, 15) is 9.59 Å². The average Bonchev–Trinajstić information content (AvgIpc) is 2.70. The normalized spacial score (nSPS) is 19.8. The predicted octanol–water partition coefficient (Wildman–Crippen LogP) is -0.326. The van der Waals surface area contributed by atoms with Crippen LogP contribution in [0.1, 0.15) is 26.7 Å². The van der Waals surface area contributed by atoms with Gasteiger partial charge >= 0.3 is 0 Å². The number of aliphatic hydroxyl groups is 1. The Morgan fingerprint density at radius 1 is 1.50 bits per heavy atom. The molecule has 0 spiro atoms. The predicted molar refractivity (Wildman–Crippen MR) is 77.2 cm³/mol. The molecule has 0 saturated carbocycles. The number of amides is 2. The summed E-state index contributed by atoms with van der Waals surface area (Å²) in [5, 5.41) is 11.9. The van der Waals surface area contributed by atoms with E-state index in [1.807, 2.05) is 14.1 Å². The van der Waals surface area contributed by atoms with Crippen LogP contribution in [-0.2, 0) is 9.59 Å². The Morgan fingerprint density at radius 2 is 2.15 bits per heavy atom. The van der Waals surface area contributed by atoms with Crippen molar-refractivity contribution in [2.24, 2.45) is 5.92 Å². The van der Waals surface area contributed by atoms with E-state index < -0.39 is 5.54 Å². The Kier molecular flexibility index (Phi) is 5.95. The number of nitrogens with zero attached hydrogens (tertiary/aromatic N) is 2. The summed E-state index contributed by atoms with van der Waals surface area (Å²) in [6.45, 7) is 5.51. The zero-order valence-corrected chi connectivity index (χ0v) is 13.0. The van der Waals surface area contributed by atoms with E-state index in [-0.39, 0.29) is 30.8 Å². The summed E-state index contributed by atoms with van der Waals surface area (Å²) in [4.78, 5) is 27.8. The molecule has 0 aromatic carbocycles. The van der Waals surface area contributed by atoms with Gasteiger partial charge in [0, 0.05) is 19.5 Å². The van der Waals surface area contributed by atoms with Gasteiger partial charge in [0.1, 0.15) is 0 Å². The molecule has 2 amide bonds. The van der Waals surface area contributed by atoms with E-state index in [0.29, 0.717) is 13.1 Å². The van der Waals surface area contributed by atoms with E-state index in [0.717, 1.165) is 13.0 Å². The first kappa shape index (κ1) is 16.9. The highest BCUT2D eigenvalue weighted by Crippen LogP contribution is 2.19. The van der Waals surface area contributed by atoms with Gasteiger partial charge in [-0.05, 0) is 40.9 Å². The van der Waals surface area contributed by atoms with Gasteiger partial charge in [-0.3, -0.25) is 9.59 Å². The summed E-state index contributed by atoms with van der Waals surface area (Å²) >= 11 is 0. The van der Waals surface area contributed by atoms with Crippen LogP contribution >= 0.6 is 0 Å². The third kappa shape index (κ3) is 5.09. The number of carbonyl (C=O) groups excluding carboxylic acids is 2. The molecule has 6 heteroatoms. The molecule has 1 aliphatic heterocycles. The maximum absolute atomic E-state index is 12.1. The van der Waals surface area contributed by atoms with E-state index in [4.69, 9.17) is 5.11 Å². The minimum Gasteiger partial charge on any atom is -0.394 e. The summed E-state index contributed by atoms with van der Waals surface area (Å²) in [5.74, 6) is -0.397. The lowest BCUT2D eigenvalue weighted by Gasteiger charge is -2.25. The van der Waals surface area contributed by atoms with Crippen molar-refractivity contribution in [3.8, 4) is 0 Å². The highest BCUT2D eigenvalue weighted by molar-refractivity contribution is 5.89. The lowest BCUT2D eigenvalue weighted by Crippen LogP contribution is -2.49. The summed E-state index contributed by atoms with van der Waals surface area (Å²) in [7, 11) is 4.00. The topological polar surface area (TPSA) is 72.9 Å². The number of likely N-dealkylation sites (tertiary alicyclic amines) is 1. The van der Waals surface area contributed by atoms with E-state index in [2.05, 4.69) is 10.2 Å². The van der Waals surface area contributed by atoms with Crippen molar-refractivity contribution < 1.29 is 14.7 Å². The number of rotatable bonds is 7. The zero-order valence-electron chi connectivity index (χ0n) is 13.0. The first-order valence-corrected chi connectivity index (χ1v) is 7.10. The highest BCUT2D eigenvalue weighted by atomic mass is 16.3. The molecular formula is C14H27N3O3. The fourth-order valence-electron chi connectivity index (χ4n) is 2.22. The second kappa shape index (κ2) is 7.04. The maximum atomic E-state index is 12.1. The lowest BCUT2D eigenvalue weighted by atomic mass is 10.0. The van der Waals surface area contributed by atoms with Crippen molar-refractivity contribution in [1.29, 1.82) is 0 Å². The smallest absolute Gasteiger partial charge is 0.225 e. The van der Waals surface area contributed by atoms with Crippen molar-refractivity contribution in [1.82, 2.24) is 15.1 Å². The lowest BCUT2D eigenvalue weighted by molar-refractivity contribution is -0.129. The van der Waals surface area contributed by atoms with E-state index in [1.54, 1.807) is 18.7 Å². The van der Waals surface area contributed by atoms with Crippen molar-refractivity contribution in [3.63, 3.8) is 0 Å². The molecule has 0 radical (unpaired) electrons. The monoisotopic (exact) mass is 285 g/mol. The van der Waals surface area contributed by atoms with Gasteiger partial charge in [-0.15, -0.1) is 0 Å². The average molecular weight is 285 g/mol. The third-order valence-corrected chi connectivity index (χ3v) is 3.48. The second-order valence-electron chi connectivity index (χ2n) is 6.43. The van der Waals surface area contributed by atoms with Gasteiger partial charge in [-0.1, -0.05) is 0 Å². The number of nitrogens with one attached hydrogen (secondary N) is 1. The molecule has 0 aliphatic carbocycles. The molecule has 1 rings (SSSR count). The minimum atomic E-state index is -0.640. The molecule has 1 saturated heterocycles. The summed E-state index contributed by atoms with van der Waals surface area (Å²) in [5.41, 5.74) is -0.640. The fourth-order valence-corrected chi connectivity index (χ4v) is 2.22. The van der Waals surface area contributed by atoms with Crippen LogP contribution < -0.4 is 5.32 Å². The zero-order chi connectivity index (χ0) is 15.3. The molecular weight excluding hydrogens is 258 g/mol. The van der Waals surface area contributed by atoms with Gasteiger partial charge in [0.25, 0.3) is 0 Å². The molecule has 1 unspecified atom stereocenters. The fraction of sp³-hybridized carbons (Fsp3) is 0.857. The minimum absolute atomic E-state index is 0.0470. The summed E-state index contributed by atoms with van der Waals surface area (Å²) < 4.78 is 0.